The van der Waals surface area contributed by atoms with Crippen molar-refractivity contribution in [2.24, 2.45) is 11.8 Å². The molecule has 3 rings (SSSR count). The van der Waals surface area contributed by atoms with Crippen molar-refractivity contribution in [3.63, 3.8) is 0 Å². The second-order valence-electron chi connectivity index (χ2n) is 9.12. The Kier molecular flexibility index (Phi) is 7.81. The predicted octanol–water partition coefficient (Wildman–Crippen LogP) is 3.49. The van der Waals surface area contributed by atoms with Crippen LogP contribution in [0, 0.1) is 11.8 Å². The van der Waals surface area contributed by atoms with Crippen LogP contribution in [0.4, 0.5) is 5.95 Å². The molecule has 166 valence electrons. The van der Waals surface area contributed by atoms with Crippen molar-refractivity contribution >= 4 is 17.6 Å². The molecule has 30 heavy (non-hydrogen) atoms. The Labute approximate surface area is 180 Å². The molecule has 2 aliphatic rings. The molecule has 0 unspecified atom stereocenters. The summed E-state index contributed by atoms with van der Waals surface area (Å²) < 4.78 is 5.45. The van der Waals surface area contributed by atoms with Gasteiger partial charge in [-0.25, -0.2) is 9.97 Å². The molecule has 1 N–H and O–H groups in total. The first-order chi connectivity index (χ1) is 14.4. The fourth-order valence-electron chi connectivity index (χ4n) is 4.81. The van der Waals surface area contributed by atoms with E-state index in [0.717, 1.165) is 63.5 Å². The number of anilines is 1. The van der Waals surface area contributed by atoms with Gasteiger partial charge in [0.2, 0.25) is 11.9 Å². The number of ether oxygens (including phenoxy) is 1. The molecule has 1 heterocycles. The van der Waals surface area contributed by atoms with Crippen LogP contribution in [0.5, 0.6) is 0 Å². The average Bonchev–Trinajstić information content (AvgIpc) is 2.74. The van der Waals surface area contributed by atoms with Crippen molar-refractivity contribution in [2.75, 3.05) is 26.5 Å². The van der Waals surface area contributed by atoms with E-state index in [1.54, 1.807) is 25.1 Å². The van der Waals surface area contributed by atoms with E-state index in [4.69, 9.17) is 9.72 Å². The first-order valence-electron chi connectivity index (χ1n) is 11.2. The Balaban J connectivity index is 1.63. The summed E-state index contributed by atoms with van der Waals surface area (Å²) in [5.74, 6) is 1.44. The van der Waals surface area contributed by atoms with Crippen LogP contribution >= 0.6 is 0 Å². The predicted molar refractivity (Wildman–Crippen MR) is 117 cm³/mol. The van der Waals surface area contributed by atoms with Gasteiger partial charge in [-0.2, -0.15) is 0 Å². The monoisotopic (exact) mass is 416 g/mol. The molecule has 0 bridgehead atoms. The highest BCUT2D eigenvalue weighted by Crippen LogP contribution is 2.32. The minimum absolute atomic E-state index is 0.00799. The van der Waals surface area contributed by atoms with Crippen LogP contribution in [-0.4, -0.2) is 59.9 Å². The minimum Gasteiger partial charge on any atom is -0.381 e. The highest BCUT2D eigenvalue weighted by molar-refractivity contribution is 5.94. The van der Waals surface area contributed by atoms with E-state index in [9.17, 15) is 9.59 Å². The quantitative estimate of drug-likeness (QED) is 0.685. The summed E-state index contributed by atoms with van der Waals surface area (Å²) >= 11 is 0. The topological polar surface area (TPSA) is 84.4 Å². The molecule has 0 aromatic carbocycles. The number of carbonyl (C=O) groups is 2. The molecular weight excluding hydrogens is 380 g/mol. The zero-order valence-electron chi connectivity index (χ0n) is 18.8. The van der Waals surface area contributed by atoms with E-state index in [1.807, 2.05) is 14.1 Å². The third-order valence-corrected chi connectivity index (χ3v) is 6.71. The average molecular weight is 417 g/mol. The number of nitrogens with zero attached hydrogens (tertiary/aromatic N) is 3. The molecule has 2 saturated carbocycles. The fraction of sp³-hybridized carbons (Fsp3) is 0.739. The lowest BCUT2D eigenvalue weighted by Gasteiger charge is -2.30. The number of nitrogens with one attached hydrogen (secondary N) is 1. The number of carbonyl (C=O) groups excluding carboxylic acids is 2. The van der Waals surface area contributed by atoms with E-state index >= 15 is 0 Å². The van der Waals surface area contributed by atoms with Crippen molar-refractivity contribution in [2.45, 2.75) is 76.9 Å². The molecule has 1 amide bonds. The fourth-order valence-corrected chi connectivity index (χ4v) is 4.81. The van der Waals surface area contributed by atoms with Gasteiger partial charge in [0.25, 0.3) is 0 Å². The largest absolute Gasteiger partial charge is 0.381 e. The third kappa shape index (κ3) is 5.78. The summed E-state index contributed by atoms with van der Waals surface area (Å²) in [4.78, 5) is 35.2. The van der Waals surface area contributed by atoms with E-state index in [0.29, 0.717) is 29.6 Å². The van der Waals surface area contributed by atoms with Gasteiger partial charge in [-0.15, -0.1) is 0 Å². The number of Topliss-reactive ketones (excluding diaryl/α,β-unsaturated/α-hetero) is 1. The Morgan fingerprint density at radius 3 is 2.33 bits per heavy atom. The molecule has 0 saturated heterocycles. The van der Waals surface area contributed by atoms with Crippen LogP contribution in [0.1, 0.15) is 74.3 Å². The van der Waals surface area contributed by atoms with Gasteiger partial charge < -0.3 is 15.0 Å². The maximum Gasteiger partial charge on any atom is 0.225 e. The van der Waals surface area contributed by atoms with E-state index in [2.05, 4.69) is 10.3 Å². The molecular formula is C23H36N4O3. The summed E-state index contributed by atoms with van der Waals surface area (Å²) in [6.45, 7) is 1.58. The molecule has 1 aromatic rings. The lowest BCUT2D eigenvalue weighted by atomic mass is 9.79. The van der Waals surface area contributed by atoms with Gasteiger partial charge in [0.1, 0.15) is 0 Å². The van der Waals surface area contributed by atoms with Crippen LogP contribution in [0.25, 0.3) is 0 Å². The normalized spacial score (nSPS) is 26.8. The van der Waals surface area contributed by atoms with Crippen molar-refractivity contribution in [3.05, 3.63) is 17.5 Å². The third-order valence-electron chi connectivity index (χ3n) is 6.71. The van der Waals surface area contributed by atoms with Gasteiger partial charge in [0.05, 0.1) is 17.4 Å². The van der Waals surface area contributed by atoms with E-state index < -0.39 is 0 Å². The number of methoxy groups -OCH3 is 1. The zero-order chi connectivity index (χ0) is 21.7. The van der Waals surface area contributed by atoms with Gasteiger partial charge in [0, 0.05) is 39.4 Å². The lowest BCUT2D eigenvalue weighted by molar-refractivity contribution is -0.134. The highest BCUT2D eigenvalue weighted by atomic mass is 16.5. The number of hydrogen-bond donors (Lipinski definition) is 1. The van der Waals surface area contributed by atoms with Gasteiger partial charge in [-0.1, -0.05) is 0 Å². The van der Waals surface area contributed by atoms with Crippen LogP contribution < -0.4 is 5.32 Å². The van der Waals surface area contributed by atoms with Gasteiger partial charge in [0.15, 0.2) is 5.78 Å². The number of rotatable bonds is 7. The lowest BCUT2D eigenvalue weighted by Crippen LogP contribution is -2.32. The van der Waals surface area contributed by atoms with Crippen LogP contribution in [0.15, 0.2) is 6.20 Å². The number of ketones is 1. The van der Waals surface area contributed by atoms with Crippen molar-refractivity contribution in [1.29, 1.82) is 0 Å². The number of hydrogen-bond acceptors (Lipinski definition) is 6. The molecule has 0 atom stereocenters. The van der Waals surface area contributed by atoms with Gasteiger partial charge in [-0.3, -0.25) is 9.59 Å². The maximum absolute atomic E-state index is 12.2. The Hall–Kier alpha value is -2.02. The summed E-state index contributed by atoms with van der Waals surface area (Å²) in [5, 5.41) is 3.46. The van der Waals surface area contributed by atoms with Crippen molar-refractivity contribution < 1.29 is 14.3 Å². The van der Waals surface area contributed by atoms with E-state index in [1.165, 1.54) is 0 Å². The Bertz CT molecular complexity index is 736. The molecule has 0 radical (unpaired) electrons. The van der Waals surface area contributed by atoms with E-state index in [-0.39, 0.29) is 17.6 Å². The van der Waals surface area contributed by atoms with Crippen LogP contribution in [0.2, 0.25) is 0 Å². The molecule has 2 aliphatic carbocycles. The summed E-state index contributed by atoms with van der Waals surface area (Å²) in [6, 6.07) is 0.347. The maximum atomic E-state index is 12.2. The van der Waals surface area contributed by atoms with Crippen LogP contribution in [0.3, 0.4) is 0 Å². The summed E-state index contributed by atoms with van der Waals surface area (Å²) in [7, 11) is 5.42. The molecule has 0 spiro atoms. The van der Waals surface area contributed by atoms with Crippen LogP contribution in [-0.2, 0) is 16.0 Å². The first kappa shape index (κ1) is 22.7. The smallest absolute Gasteiger partial charge is 0.225 e. The molecule has 7 heteroatoms. The minimum atomic E-state index is 0.00799. The van der Waals surface area contributed by atoms with Gasteiger partial charge in [-0.05, 0) is 70.6 Å². The number of amides is 1. The SMILES string of the molecule is CO[C@H]1CC[C@H](Nc2ncc(C(C)=O)c(C[C@H]3CC[C@@H](C(=O)N(C)C)CC3)n2)CC1. The van der Waals surface area contributed by atoms with Crippen molar-refractivity contribution in [3.8, 4) is 0 Å². The second-order valence-corrected chi connectivity index (χ2v) is 9.12. The summed E-state index contributed by atoms with van der Waals surface area (Å²) in [6.07, 6.45) is 10.8. The molecule has 2 fully saturated rings. The zero-order valence-corrected chi connectivity index (χ0v) is 18.8. The van der Waals surface area contributed by atoms with Gasteiger partial charge >= 0.3 is 0 Å². The summed E-state index contributed by atoms with van der Waals surface area (Å²) in [5.41, 5.74) is 1.46. The molecule has 7 nitrogen and oxygen atoms in total. The first-order valence-corrected chi connectivity index (χ1v) is 11.2. The highest BCUT2D eigenvalue weighted by Gasteiger charge is 2.28. The molecule has 0 aliphatic heterocycles. The Morgan fingerprint density at radius 1 is 1.10 bits per heavy atom. The number of aromatic nitrogens is 2. The standard InChI is InChI=1S/C23H36N4O3/c1-15(28)20-14-24-23(25-18-9-11-19(30-4)12-10-18)26-21(20)13-16-5-7-17(8-6-16)22(29)27(2)3/h14,16-19H,5-13H2,1-4H3,(H,24,25,26)/t16-,17+,18-,19-. The second kappa shape index (κ2) is 10.3. The Morgan fingerprint density at radius 2 is 1.77 bits per heavy atom. The van der Waals surface area contributed by atoms with Crippen molar-refractivity contribution in [1.82, 2.24) is 14.9 Å². The molecule has 1 aromatic heterocycles.